The number of rotatable bonds is 9. The molecule has 1 fully saturated rings. The zero-order valence-electron chi connectivity index (χ0n) is 21.9. The molecule has 1 aromatic carbocycles. The van der Waals surface area contributed by atoms with Gasteiger partial charge in [-0.05, 0) is 32.4 Å². The molecular formula is C26H35N9O2. The number of piperazine rings is 1. The first kappa shape index (κ1) is 25.0. The van der Waals surface area contributed by atoms with Crippen molar-refractivity contribution in [3.8, 4) is 5.75 Å². The van der Waals surface area contributed by atoms with Gasteiger partial charge in [-0.2, -0.15) is 10.1 Å². The molecule has 4 aromatic rings. The summed E-state index contributed by atoms with van der Waals surface area (Å²) >= 11 is 0. The van der Waals surface area contributed by atoms with E-state index in [1.807, 2.05) is 17.7 Å². The Hall–Kier alpha value is -3.70. The molecule has 0 bridgehead atoms. The number of aryl methyl sites for hydroxylation is 1. The van der Waals surface area contributed by atoms with Crippen molar-refractivity contribution < 1.29 is 9.26 Å². The fourth-order valence-electron chi connectivity index (χ4n) is 4.81. The van der Waals surface area contributed by atoms with Crippen LogP contribution in [0.1, 0.15) is 36.4 Å². The molecular weight excluding hydrogens is 470 g/mol. The first-order valence-electron chi connectivity index (χ1n) is 12.7. The number of hydrogen-bond acceptors (Lipinski definition) is 10. The molecule has 3 aromatic heterocycles. The molecule has 0 atom stereocenters. The largest absolute Gasteiger partial charge is 0.496 e. The molecule has 1 aliphatic heterocycles. The smallest absolute Gasteiger partial charge is 0.222 e. The lowest BCUT2D eigenvalue weighted by Gasteiger charge is -2.37. The van der Waals surface area contributed by atoms with Crippen LogP contribution >= 0.6 is 0 Å². The highest BCUT2D eigenvalue weighted by Gasteiger charge is 2.20. The van der Waals surface area contributed by atoms with Crippen LogP contribution in [0.4, 0.5) is 11.8 Å². The number of ether oxygens (including phenoxy) is 1. The van der Waals surface area contributed by atoms with Crippen molar-refractivity contribution in [1.29, 1.82) is 0 Å². The fraction of sp³-hybridized carbons (Fsp3) is 0.462. The van der Waals surface area contributed by atoms with E-state index in [1.165, 1.54) is 5.56 Å². The summed E-state index contributed by atoms with van der Waals surface area (Å²) in [7, 11) is 1.71. The summed E-state index contributed by atoms with van der Waals surface area (Å²) < 4.78 is 12.8. The van der Waals surface area contributed by atoms with Gasteiger partial charge in [0, 0.05) is 50.4 Å². The summed E-state index contributed by atoms with van der Waals surface area (Å²) in [5.41, 5.74) is 10.4. The normalized spacial score (nSPS) is 15.1. The van der Waals surface area contributed by atoms with Gasteiger partial charge in [-0.15, -0.1) is 0 Å². The quantitative estimate of drug-likeness (QED) is 0.351. The number of hydrogen-bond donors (Lipinski definition) is 2. The van der Waals surface area contributed by atoms with Gasteiger partial charge in [0.25, 0.3) is 0 Å². The molecule has 1 aliphatic rings. The predicted octanol–water partition coefficient (Wildman–Crippen LogP) is 2.90. The third-order valence-corrected chi connectivity index (χ3v) is 6.83. The van der Waals surface area contributed by atoms with E-state index in [1.54, 1.807) is 13.3 Å². The van der Waals surface area contributed by atoms with Gasteiger partial charge in [-0.25, -0.2) is 4.98 Å². The van der Waals surface area contributed by atoms with Crippen molar-refractivity contribution in [3.63, 3.8) is 0 Å². The molecule has 0 aliphatic carbocycles. The van der Waals surface area contributed by atoms with Gasteiger partial charge >= 0.3 is 0 Å². The topological polar surface area (TPSA) is 123 Å². The zero-order valence-corrected chi connectivity index (χ0v) is 21.9. The van der Waals surface area contributed by atoms with Crippen LogP contribution in [0.25, 0.3) is 11.0 Å². The number of nitrogens with one attached hydrogen (secondary N) is 1. The summed E-state index contributed by atoms with van der Waals surface area (Å²) in [5, 5.41) is 11.9. The molecule has 0 radical (unpaired) electrons. The minimum atomic E-state index is 0.182. The van der Waals surface area contributed by atoms with Gasteiger partial charge in [0.2, 0.25) is 5.95 Å². The SMILES string of the molecule is COc1cc(CN2CCN(C(C)C)CC2)ccc1Cn1ncc2nc(N)nc(NCc3cc(C)on3)c21. The molecule has 0 unspecified atom stereocenters. The molecule has 3 N–H and O–H groups in total. The number of nitrogens with zero attached hydrogens (tertiary/aromatic N) is 7. The van der Waals surface area contributed by atoms with Gasteiger partial charge in [0.1, 0.15) is 28.2 Å². The van der Waals surface area contributed by atoms with E-state index < -0.39 is 0 Å². The maximum atomic E-state index is 5.96. The number of nitrogens with two attached hydrogens (primary N) is 1. The van der Waals surface area contributed by atoms with Crippen LogP contribution in [-0.4, -0.2) is 74.0 Å². The maximum Gasteiger partial charge on any atom is 0.222 e. The number of methoxy groups -OCH3 is 1. The molecule has 0 spiro atoms. The second kappa shape index (κ2) is 10.7. The van der Waals surface area contributed by atoms with E-state index >= 15 is 0 Å². The van der Waals surface area contributed by atoms with Gasteiger partial charge in [0.05, 0.1) is 26.4 Å². The van der Waals surface area contributed by atoms with Crippen LogP contribution in [-0.2, 0) is 19.6 Å². The molecule has 1 saturated heterocycles. The monoisotopic (exact) mass is 505 g/mol. The molecule has 4 heterocycles. The van der Waals surface area contributed by atoms with Gasteiger partial charge in [0.15, 0.2) is 5.82 Å². The third kappa shape index (κ3) is 5.67. The Kier molecular flexibility index (Phi) is 7.24. The summed E-state index contributed by atoms with van der Waals surface area (Å²) in [6.07, 6.45) is 1.70. The minimum Gasteiger partial charge on any atom is -0.496 e. The van der Waals surface area contributed by atoms with E-state index in [0.29, 0.717) is 30.5 Å². The minimum absolute atomic E-state index is 0.182. The highest BCUT2D eigenvalue weighted by molar-refractivity contribution is 5.86. The van der Waals surface area contributed by atoms with Gasteiger partial charge in [-0.1, -0.05) is 17.3 Å². The Bertz CT molecular complexity index is 1360. The van der Waals surface area contributed by atoms with Crippen LogP contribution in [0.2, 0.25) is 0 Å². The lowest BCUT2D eigenvalue weighted by atomic mass is 10.1. The average molecular weight is 506 g/mol. The second-order valence-corrected chi connectivity index (χ2v) is 9.80. The highest BCUT2D eigenvalue weighted by atomic mass is 16.5. The van der Waals surface area contributed by atoms with E-state index in [0.717, 1.165) is 61.0 Å². The zero-order chi connectivity index (χ0) is 25.9. The number of fused-ring (bicyclic) bond motifs is 1. The molecule has 0 saturated carbocycles. The van der Waals surface area contributed by atoms with Crippen LogP contribution in [0, 0.1) is 6.92 Å². The Morgan fingerprint density at radius 3 is 2.62 bits per heavy atom. The maximum absolute atomic E-state index is 5.96. The fourth-order valence-corrected chi connectivity index (χ4v) is 4.81. The van der Waals surface area contributed by atoms with E-state index in [-0.39, 0.29) is 5.95 Å². The Balaban J connectivity index is 1.33. The molecule has 11 nitrogen and oxygen atoms in total. The summed E-state index contributed by atoms with van der Waals surface area (Å²) in [6.45, 7) is 12.6. The van der Waals surface area contributed by atoms with Gasteiger partial charge in [-0.3, -0.25) is 14.5 Å². The average Bonchev–Trinajstić information content (AvgIpc) is 3.49. The van der Waals surface area contributed by atoms with E-state index in [2.05, 4.69) is 67.4 Å². The van der Waals surface area contributed by atoms with E-state index in [4.69, 9.17) is 15.0 Å². The highest BCUT2D eigenvalue weighted by Crippen LogP contribution is 2.27. The summed E-state index contributed by atoms with van der Waals surface area (Å²) in [5.74, 6) is 2.37. The van der Waals surface area contributed by atoms with Crippen LogP contribution in [0.15, 0.2) is 35.0 Å². The van der Waals surface area contributed by atoms with Crippen LogP contribution in [0.3, 0.4) is 0 Å². The van der Waals surface area contributed by atoms with E-state index in [9.17, 15) is 0 Å². The Labute approximate surface area is 216 Å². The third-order valence-electron chi connectivity index (χ3n) is 6.83. The van der Waals surface area contributed by atoms with Crippen molar-refractivity contribution in [2.24, 2.45) is 0 Å². The molecule has 11 heteroatoms. The van der Waals surface area contributed by atoms with Crippen molar-refractivity contribution >= 4 is 22.8 Å². The standard InChI is InChI=1S/C26H35N9O2/c1-17(2)34-9-7-33(8-10-34)15-19-5-6-20(23(12-19)36-4)16-35-24-22(14-29-35)30-26(27)31-25(24)28-13-21-11-18(3)37-32-21/h5-6,11-12,14,17H,7-10,13,15-16H2,1-4H3,(H3,27,28,30,31). The van der Waals surface area contributed by atoms with Gasteiger partial charge < -0.3 is 20.3 Å². The van der Waals surface area contributed by atoms with Crippen molar-refractivity contribution in [2.45, 2.75) is 46.4 Å². The summed E-state index contributed by atoms with van der Waals surface area (Å²) in [6, 6.07) is 8.91. The number of anilines is 2. The first-order valence-corrected chi connectivity index (χ1v) is 12.7. The molecule has 37 heavy (non-hydrogen) atoms. The van der Waals surface area contributed by atoms with Crippen molar-refractivity contribution in [3.05, 3.63) is 53.0 Å². The lowest BCUT2D eigenvalue weighted by molar-refractivity contribution is 0.104. The Morgan fingerprint density at radius 2 is 1.92 bits per heavy atom. The molecule has 0 amide bonds. The van der Waals surface area contributed by atoms with Crippen molar-refractivity contribution in [2.75, 3.05) is 44.3 Å². The lowest BCUT2D eigenvalue weighted by Crippen LogP contribution is -2.48. The molecule has 5 rings (SSSR count). The second-order valence-electron chi connectivity index (χ2n) is 9.80. The van der Waals surface area contributed by atoms with Crippen LogP contribution < -0.4 is 15.8 Å². The number of benzene rings is 1. The first-order chi connectivity index (χ1) is 17.9. The Morgan fingerprint density at radius 1 is 1.11 bits per heavy atom. The van der Waals surface area contributed by atoms with Crippen molar-refractivity contribution in [1.82, 2.24) is 34.7 Å². The number of aromatic nitrogens is 5. The predicted molar refractivity (Wildman–Crippen MR) is 142 cm³/mol. The van der Waals surface area contributed by atoms with Crippen LogP contribution in [0.5, 0.6) is 5.75 Å². The summed E-state index contributed by atoms with van der Waals surface area (Å²) in [4.78, 5) is 13.8. The number of nitrogen functional groups attached to an aromatic ring is 1. The molecule has 196 valence electrons.